The van der Waals surface area contributed by atoms with E-state index in [0.717, 1.165) is 11.1 Å². The van der Waals surface area contributed by atoms with Crippen molar-refractivity contribution in [3.63, 3.8) is 0 Å². The number of rotatable bonds is 5. The molecule has 3 aromatic rings. The first-order valence-corrected chi connectivity index (χ1v) is 7.72. The Hall–Kier alpha value is -2.95. The van der Waals surface area contributed by atoms with Gasteiger partial charge >= 0.3 is 11.1 Å². The summed E-state index contributed by atoms with van der Waals surface area (Å²) in [5.74, 6) is -0.331. The molecule has 0 bridgehead atoms. The fourth-order valence-corrected chi connectivity index (χ4v) is 2.52. The molecule has 2 aromatic carbocycles. The van der Waals surface area contributed by atoms with Gasteiger partial charge in [-0.3, -0.25) is 9.59 Å². The second-order valence-electron chi connectivity index (χ2n) is 5.59. The number of hydrogen-bond acceptors (Lipinski definition) is 2. The normalized spacial score (nSPS) is 10.7. The van der Waals surface area contributed by atoms with Crippen LogP contribution in [-0.4, -0.2) is 9.13 Å². The molecule has 0 aliphatic carbocycles. The van der Waals surface area contributed by atoms with Crippen LogP contribution in [0, 0.1) is 5.82 Å². The lowest BCUT2D eigenvalue weighted by Gasteiger charge is -2.09. The second kappa shape index (κ2) is 7.08. The average Bonchev–Trinajstić information content (AvgIpc) is 2.61. The molecule has 3 rings (SSSR count). The van der Waals surface area contributed by atoms with E-state index in [9.17, 15) is 14.0 Å². The van der Waals surface area contributed by atoms with Crippen LogP contribution >= 0.6 is 0 Å². The van der Waals surface area contributed by atoms with Gasteiger partial charge in [-0.1, -0.05) is 42.5 Å². The highest BCUT2D eigenvalue weighted by molar-refractivity contribution is 5.17. The highest BCUT2D eigenvalue weighted by Crippen LogP contribution is 2.04. The molecule has 0 fully saturated rings. The van der Waals surface area contributed by atoms with Crippen LogP contribution in [0.1, 0.15) is 11.1 Å². The zero-order chi connectivity index (χ0) is 16.9. The van der Waals surface area contributed by atoms with Crippen LogP contribution in [0.25, 0.3) is 0 Å². The van der Waals surface area contributed by atoms with Crippen LogP contribution in [-0.2, 0) is 19.5 Å². The third-order valence-corrected chi connectivity index (χ3v) is 3.88. The third-order valence-electron chi connectivity index (χ3n) is 3.88. The zero-order valence-electron chi connectivity index (χ0n) is 13.1. The number of aryl methyl sites for hydroxylation is 2. The van der Waals surface area contributed by atoms with Gasteiger partial charge in [0, 0.05) is 18.9 Å². The fourth-order valence-electron chi connectivity index (χ4n) is 2.52. The first-order valence-electron chi connectivity index (χ1n) is 7.72. The Morgan fingerprint density at radius 2 is 1.38 bits per heavy atom. The molecule has 122 valence electrons. The summed E-state index contributed by atoms with van der Waals surface area (Å²) in [7, 11) is 0. The lowest BCUT2D eigenvalue weighted by molar-refractivity contribution is 0.617. The predicted octanol–water partition coefficient (Wildman–Crippen LogP) is 2.44. The van der Waals surface area contributed by atoms with Gasteiger partial charge in [-0.2, -0.15) is 0 Å². The van der Waals surface area contributed by atoms with Crippen LogP contribution < -0.4 is 11.1 Å². The van der Waals surface area contributed by atoms with Gasteiger partial charge in [-0.25, -0.2) is 4.39 Å². The van der Waals surface area contributed by atoms with Crippen molar-refractivity contribution >= 4 is 0 Å². The minimum atomic E-state index is -0.574. The van der Waals surface area contributed by atoms with Gasteiger partial charge in [0.05, 0.1) is 6.54 Å². The molecule has 1 heterocycles. The largest absolute Gasteiger partial charge is 0.316 e. The molecule has 0 amide bonds. The topological polar surface area (TPSA) is 44.0 Å². The molecule has 5 heteroatoms. The number of halogens is 1. The van der Waals surface area contributed by atoms with Crippen LogP contribution in [0.2, 0.25) is 0 Å². The summed E-state index contributed by atoms with van der Waals surface area (Å²) in [6.45, 7) is 0.698. The molecule has 0 aliphatic heterocycles. The summed E-state index contributed by atoms with van der Waals surface area (Å²) >= 11 is 0. The molecule has 0 saturated heterocycles. The van der Waals surface area contributed by atoms with Crippen LogP contribution in [0.3, 0.4) is 0 Å². The average molecular weight is 324 g/mol. The van der Waals surface area contributed by atoms with Gasteiger partial charge in [0.15, 0.2) is 0 Å². The van der Waals surface area contributed by atoms with E-state index in [1.807, 2.05) is 30.3 Å². The number of nitrogens with zero attached hydrogens (tertiary/aromatic N) is 2. The van der Waals surface area contributed by atoms with Gasteiger partial charge in [-0.05, 0) is 29.7 Å². The van der Waals surface area contributed by atoms with Gasteiger partial charge in [0.2, 0.25) is 0 Å². The molecule has 0 atom stereocenters. The van der Waals surface area contributed by atoms with E-state index in [-0.39, 0.29) is 12.4 Å². The molecular weight excluding hydrogens is 307 g/mol. The smallest absolute Gasteiger partial charge is 0.309 e. The molecule has 0 unspecified atom stereocenters. The Kier molecular flexibility index (Phi) is 4.70. The second-order valence-corrected chi connectivity index (χ2v) is 5.59. The minimum Gasteiger partial charge on any atom is -0.309 e. The number of aromatic nitrogens is 2. The zero-order valence-corrected chi connectivity index (χ0v) is 13.1. The van der Waals surface area contributed by atoms with E-state index in [1.54, 1.807) is 24.5 Å². The van der Waals surface area contributed by atoms with E-state index in [0.29, 0.717) is 13.0 Å². The number of benzene rings is 2. The van der Waals surface area contributed by atoms with Gasteiger partial charge < -0.3 is 9.13 Å². The van der Waals surface area contributed by atoms with Crippen molar-refractivity contribution in [1.82, 2.24) is 9.13 Å². The summed E-state index contributed by atoms with van der Waals surface area (Å²) in [6, 6.07) is 15.7. The molecule has 0 spiro atoms. The van der Waals surface area contributed by atoms with Crippen molar-refractivity contribution < 1.29 is 4.39 Å². The molecule has 0 aliphatic rings. The maximum absolute atomic E-state index is 12.9. The standard InChI is InChI=1S/C19H17FN2O2/c20-17-8-6-16(7-9-17)14-22-13-12-21(18(23)19(22)24)11-10-15-4-2-1-3-5-15/h1-9,12-13H,10-11,14H2. The van der Waals surface area contributed by atoms with Crippen molar-refractivity contribution in [2.45, 2.75) is 19.5 Å². The molecule has 24 heavy (non-hydrogen) atoms. The lowest BCUT2D eigenvalue weighted by Crippen LogP contribution is -2.41. The van der Waals surface area contributed by atoms with E-state index in [1.165, 1.54) is 21.3 Å². The van der Waals surface area contributed by atoms with Gasteiger partial charge in [0.25, 0.3) is 0 Å². The molecule has 0 radical (unpaired) electrons. The van der Waals surface area contributed by atoms with Crippen molar-refractivity contribution in [2.75, 3.05) is 0 Å². The van der Waals surface area contributed by atoms with E-state index < -0.39 is 11.1 Å². The minimum absolute atomic E-state index is 0.244. The van der Waals surface area contributed by atoms with Gasteiger partial charge in [-0.15, -0.1) is 0 Å². The van der Waals surface area contributed by atoms with Crippen molar-refractivity contribution in [3.8, 4) is 0 Å². The van der Waals surface area contributed by atoms with Crippen LogP contribution in [0.15, 0.2) is 76.6 Å². The Labute approximate surface area is 138 Å². The Bertz CT molecular complexity index is 928. The monoisotopic (exact) mass is 324 g/mol. The maximum Gasteiger partial charge on any atom is 0.316 e. The highest BCUT2D eigenvalue weighted by Gasteiger charge is 2.06. The van der Waals surface area contributed by atoms with E-state index >= 15 is 0 Å². The third kappa shape index (κ3) is 3.68. The summed E-state index contributed by atoms with van der Waals surface area (Å²) in [4.78, 5) is 24.5. The van der Waals surface area contributed by atoms with Crippen LogP contribution in [0.5, 0.6) is 0 Å². The fraction of sp³-hybridized carbons (Fsp3) is 0.158. The summed E-state index contributed by atoms with van der Waals surface area (Å²) in [6.07, 6.45) is 3.90. The first kappa shape index (κ1) is 15.9. The molecule has 0 N–H and O–H groups in total. The molecule has 1 aromatic heterocycles. The number of hydrogen-bond donors (Lipinski definition) is 0. The Morgan fingerprint density at radius 1 is 0.750 bits per heavy atom. The Morgan fingerprint density at radius 3 is 2.08 bits per heavy atom. The van der Waals surface area contributed by atoms with E-state index in [4.69, 9.17) is 0 Å². The maximum atomic E-state index is 12.9. The van der Waals surface area contributed by atoms with Crippen molar-refractivity contribution in [3.05, 3.63) is 105 Å². The lowest BCUT2D eigenvalue weighted by atomic mass is 10.1. The van der Waals surface area contributed by atoms with Crippen LogP contribution in [0.4, 0.5) is 4.39 Å². The molecular formula is C19H17FN2O2. The summed E-state index contributed by atoms with van der Waals surface area (Å²) < 4.78 is 15.7. The quantitative estimate of drug-likeness (QED) is 0.677. The highest BCUT2D eigenvalue weighted by atomic mass is 19.1. The summed E-state index contributed by atoms with van der Waals surface area (Å²) in [5, 5.41) is 0. The Balaban J connectivity index is 1.77. The first-order chi connectivity index (χ1) is 11.6. The van der Waals surface area contributed by atoms with Crippen molar-refractivity contribution in [1.29, 1.82) is 0 Å². The van der Waals surface area contributed by atoms with Crippen molar-refractivity contribution in [2.24, 2.45) is 0 Å². The van der Waals surface area contributed by atoms with Gasteiger partial charge in [0.1, 0.15) is 5.82 Å². The molecule has 0 saturated carbocycles. The van der Waals surface area contributed by atoms with E-state index in [2.05, 4.69) is 0 Å². The molecule has 4 nitrogen and oxygen atoms in total. The summed E-state index contributed by atoms with van der Waals surface area (Å²) in [5.41, 5.74) is 0.755. The SMILES string of the molecule is O=c1c(=O)n(Cc2ccc(F)cc2)ccn1CCc1ccccc1. The predicted molar refractivity (Wildman–Crippen MR) is 90.6 cm³/mol.